The molecule has 0 aliphatic rings. The molecule has 0 unspecified atom stereocenters. The molecular formula is C26H35N3O6. The lowest BCUT2D eigenvalue weighted by molar-refractivity contribution is -0.409. The number of benzene rings is 1. The molecule has 3 aromatic rings. The quantitative estimate of drug-likeness (QED) is 0.379. The molecule has 2 aromatic heterocycles. The van der Waals surface area contributed by atoms with Crippen molar-refractivity contribution in [3.63, 3.8) is 0 Å². The molecule has 0 saturated heterocycles. The summed E-state index contributed by atoms with van der Waals surface area (Å²) in [6.45, 7) is 11.4. The number of amides is 1. The Kier molecular flexibility index (Phi) is 7.29. The van der Waals surface area contributed by atoms with E-state index in [4.69, 9.17) is 4.74 Å². The van der Waals surface area contributed by atoms with Gasteiger partial charge >= 0.3 is 12.0 Å². The number of aromatic nitrogens is 2. The predicted molar refractivity (Wildman–Crippen MR) is 131 cm³/mol. The first kappa shape index (κ1) is 26.6. The lowest BCUT2D eigenvalue weighted by Gasteiger charge is -2.37. The van der Waals surface area contributed by atoms with E-state index in [1.165, 1.54) is 17.2 Å². The van der Waals surface area contributed by atoms with Gasteiger partial charge in [-0.2, -0.15) is 0 Å². The van der Waals surface area contributed by atoms with Gasteiger partial charge in [0, 0.05) is 48.0 Å². The van der Waals surface area contributed by atoms with Crippen LogP contribution in [0.5, 0.6) is 0 Å². The number of carbonyl (C=O) groups is 1. The van der Waals surface area contributed by atoms with Crippen LogP contribution in [0.25, 0.3) is 10.9 Å². The molecule has 9 nitrogen and oxygen atoms in total. The van der Waals surface area contributed by atoms with E-state index in [9.17, 15) is 25.2 Å². The Bertz CT molecular complexity index is 1190. The van der Waals surface area contributed by atoms with Gasteiger partial charge in [-0.15, -0.1) is 0 Å². The van der Waals surface area contributed by atoms with Crippen LogP contribution in [-0.4, -0.2) is 59.7 Å². The molecule has 0 radical (unpaired) electrons. The maximum absolute atomic E-state index is 12.6. The van der Waals surface area contributed by atoms with Crippen molar-refractivity contribution in [2.45, 2.75) is 65.3 Å². The van der Waals surface area contributed by atoms with Crippen molar-refractivity contribution < 1.29 is 30.0 Å². The SMILES string of the molecule is CCN(CCc1cc2cc(C)ccc2n1C(O)(O)C(O)(O)c1ccc(C)nc1)C(=O)OC(C)(C)C. The second kappa shape index (κ2) is 9.58. The summed E-state index contributed by atoms with van der Waals surface area (Å²) in [5.74, 6) is -6.24. The molecule has 35 heavy (non-hydrogen) atoms. The van der Waals surface area contributed by atoms with E-state index in [1.807, 2.05) is 19.9 Å². The van der Waals surface area contributed by atoms with Gasteiger partial charge in [0.2, 0.25) is 0 Å². The van der Waals surface area contributed by atoms with Gasteiger partial charge in [0.25, 0.3) is 5.79 Å². The fraction of sp³-hybridized carbons (Fsp3) is 0.462. The number of carbonyl (C=O) groups excluding carboxylic acids is 1. The maximum atomic E-state index is 12.6. The number of hydrogen-bond acceptors (Lipinski definition) is 7. The number of hydrogen-bond donors (Lipinski definition) is 4. The monoisotopic (exact) mass is 485 g/mol. The minimum atomic E-state index is -3.15. The van der Waals surface area contributed by atoms with Gasteiger partial charge in [-0.05, 0) is 65.8 Å². The number of likely N-dealkylation sites (N-methyl/N-ethyl adjacent to an activating group) is 1. The maximum Gasteiger partial charge on any atom is 0.410 e. The van der Waals surface area contributed by atoms with Crippen LogP contribution in [0.2, 0.25) is 0 Å². The Morgan fingerprint density at radius 2 is 1.74 bits per heavy atom. The van der Waals surface area contributed by atoms with Crippen molar-refractivity contribution in [1.29, 1.82) is 0 Å². The van der Waals surface area contributed by atoms with E-state index in [-0.39, 0.29) is 18.5 Å². The number of ether oxygens (including phenoxy) is 1. The molecule has 1 aromatic carbocycles. The van der Waals surface area contributed by atoms with Crippen molar-refractivity contribution in [2.75, 3.05) is 13.1 Å². The third-order valence-electron chi connectivity index (χ3n) is 5.80. The second-order valence-electron chi connectivity index (χ2n) is 9.84. The fourth-order valence-electron chi connectivity index (χ4n) is 3.92. The standard InChI is InChI=1S/C26H35N3O6/c1-7-28(23(30)35-24(4,5)6)13-12-21-15-19-14-17(2)8-11-22(19)29(21)26(33,34)25(31,32)20-10-9-18(3)27-16-20/h8-11,14-16,31-34H,7,12-13H2,1-6H3. The van der Waals surface area contributed by atoms with Crippen LogP contribution in [0.1, 0.15) is 50.2 Å². The molecule has 9 heteroatoms. The number of fused-ring (bicyclic) bond motifs is 1. The normalized spacial score (nSPS) is 12.7. The molecule has 0 aliphatic heterocycles. The van der Waals surface area contributed by atoms with Crippen molar-refractivity contribution in [1.82, 2.24) is 14.5 Å². The molecule has 4 N–H and O–H groups in total. The minimum absolute atomic E-state index is 0.183. The van der Waals surface area contributed by atoms with Crippen LogP contribution in [0.3, 0.4) is 0 Å². The topological polar surface area (TPSA) is 128 Å². The molecule has 0 bridgehead atoms. The Morgan fingerprint density at radius 3 is 2.31 bits per heavy atom. The Hall–Kier alpha value is -2.98. The number of rotatable bonds is 7. The summed E-state index contributed by atoms with van der Waals surface area (Å²) in [6.07, 6.45) is 0.904. The van der Waals surface area contributed by atoms with Gasteiger partial charge in [0.05, 0.1) is 5.52 Å². The summed E-state index contributed by atoms with van der Waals surface area (Å²) >= 11 is 0. The van der Waals surface area contributed by atoms with Crippen molar-refractivity contribution >= 4 is 17.0 Å². The van der Waals surface area contributed by atoms with Crippen LogP contribution in [0.4, 0.5) is 4.79 Å². The zero-order valence-corrected chi connectivity index (χ0v) is 21.1. The van der Waals surface area contributed by atoms with E-state index in [2.05, 4.69) is 4.98 Å². The van der Waals surface area contributed by atoms with Crippen LogP contribution in [0, 0.1) is 13.8 Å². The molecule has 0 fully saturated rings. The molecule has 2 heterocycles. The van der Waals surface area contributed by atoms with Gasteiger partial charge < -0.3 is 30.1 Å². The Morgan fingerprint density at radius 1 is 1.06 bits per heavy atom. The van der Waals surface area contributed by atoms with Crippen molar-refractivity contribution in [3.05, 3.63) is 65.1 Å². The smallest absolute Gasteiger partial charge is 0.410 e. The third kappa shape index (κ3) is 5.48. The zero-order valence-electron chi connectivity index (χ0n) is 21.1. The van der Waals surface area contributed by atoms with Crippen molar-refractivity contribution in [3.8, 4) is 0 Å². The highest BCUT2D eigenvalue weighted by atomic mass is 16.6. The predicted octanol–water partition coefficient (Wildman–Crippen LogP) is 2.89. The molecule has 0 aliphatic carbocycles. The van der Waals surface area contributed by atoms with Crippen LogP contribution in [-0.2, 0) is 22.9 Å². The van der Waals surface area contributed by atoms with Gasteiger partial charge in [0.15, 0.2) is 0 Å². The summed E-state index contributed by atoms with van der Waals surface area (Å²) in [7, 11) is 0. The lowest BCUT2D eigenvalue weighted by atomic mass is 10.0. The first-order valence-electron chi connectivity index (χ1n) is 11.6. The van der Waals surface area contributed by atoms with Gasteiger partial charge in [0.1, 0.15) is 5.60 Å². The van der Waals surface area contributed by atoms with Gasteiger partial charge in [-0.25, -0.2) is 4.79 Å². The number of nitrogens with zero attached hydrogens (tertiary/aromatic N) is 3. The van der Waals surface area contributed by atoms with E-state index in [1.54, 1.807) is 52.0 Å². The molecule has 3 rings (SSSR count). The molecule has 0 saturated carbocycles. The highest BCUT2D eigenvalue weighted by molar-refractivity contribution is 5.82. The van der Waals surface area contributed by atoms with Crippen LogP contribution >= 0.6 is 0 Å². The highest BCUT2D eigenvalue weighted by Gasteiger charge is 2.52. The third-order valence-corrected chi connectivity index (χ3v) is 5.80. The minimum Gasteiger partial charge on any atom is -0.444 e. The summed E-state index contributed by atoms with van der Waals surface area (Å²) in [4.78, 5) is 18.1. The molecule has 0 atom stereocenters. The van der Waals surface area contributed by atoms with E-state index in [0.717, 1.165) is 10.1 Å². The summed E-state index contributed by atoms with van der Waals surface area (Å²) in [5, 5.41) is 45.1. The number of aliphatic hydroxyl groups is 4. The Balaban J connectivity index is 2.04. The molecule has 0 spiro atoms. The van der Waals surface area contributed by atoms with Crippen molar-refractivity contribution in [2.24, 2.45) is 0 Å². The summed E-state index contributed by atoms with van der Waals surface area (Å²) in [5.41, 5.74) is 1.53. The van der Waals surface area contributed by atoms with E-state index >= 15 is 0 Å². The highest BCUT2D eigenvalue weighted by Crippen LogP contribution is 2.37. The van der Waals surface area contributed by atoms with Gasteiger partial charge in [-0.1, -0.05) is 17.7 Å². The average Bonchev–Trinajstić information content (AvgIpc) is 3.11. The van der Waals surface area contributed by atoms with E-state index in [0.29, 0.717) is 28.8 Å². The lowest BCUT2D eigenvalue weighted by Crippen LogP contribution is -2.54. The number of pyridine rings is 1. The van der Waals surface area contributed by atoms with Crippen LogP contribution in [0.15, 0.2) is 42.6 Å². The first-order chi connectivity index (χ1) is 16.2. The number of aryl methyl sites for hydroxylation is 2. The fourth-order valence-corrected chi connectivity index (χ4v) is 3.92. The molecular weight excluding hydrogens is 450 g/mol. The average molecular weight is 486 g/mol. The first-order valence-corrected chi connectivity index (χ1v) is 11.6. The summed E-state index contributed by atoms with van der Waals surface area (Å²) in [6, 6.07) is 10.0. The molecule has 190 valence electrons. The molecule has 1 amide bonds. The Labute approximate surface area is 205 Å². The van der Waals surface area contributed by atoms with Gasteiger partial charge in [-0.3, -0.25) is 9.55 Å². The van der Waals surface area contributed by atoms with Crippen LogP contribution < -0.4 is 0 Å². The largest absolute Gasteiger partial charge is 0.444 e. The summed E-state index contributed by atoms with van der Waals surface area (Å²) < 4.78 is 6.56. The second-order valence-corrected chi connectivity index (χ2v) is 9.84. The zero-order chi connectivity index (χ0) is 26.2. The van der Waals surface area contributed by atoms with E-state index < -0.39 is 23.4 Å².